The van der Waals surface area contributed by atoms with Crippen LogP contribution in [0.5, 0.6) is 0 Å². The summed E-state index contributed by atoms with van der Waals surface area (Å²) in [5.74, 6) is 0. The Morgan fingerprint density at radius 2 is 2.44 bits per heavy atom. The molecule has 1 heterocycles. The number of ether oxygens (including phenoxy) is 1. The van der Waals surface area contributed by atoms with Gasteiger partial charge in [0.25, 0.3) is 5.56 Å². The third kappa shape index (κ3) is 4.00. The Morgan fingerprint density at radius 1 is 1.62 bits per heavy atom. The van der Waals surface area contributed by atoms with Crippen LogP contribution in [0.3, 0.4) is 0 Å². The molecule has 0 unspecified atom stereocenters. The molecule has 0 saturated carbocycles. The number of nitrogens with one attached hydrogen (secondary N) is 1. The summed E-state index contributed by atoms with van der Waals surface area (Å²) in [5.41, 5.74) is 5.90. The van der Waals surface area contributed by atoms with E-state index in [1.54, 1.807) is 6.20 Å². The largest absolute Gasteiger partial charge is 0.382 e. The van der Waals surface area contributed by atoms with Gasteiger partial charge in [-0.15, -0.1) is 0 Å². The second-order valence-corrected chi connectivity index (χ2v) is 3.22. The van der Waals surface area contributed by atoms with E-state index in [9.17, 15) is 4.79 Å². The molecule has 0 aliphatic rings. The fourth-order valence-corrected chi connectivity index (χ4v) is 1.21. The number of nitrogens with two attached hydrogens (primary N) is 1. The van der Waals surface area contributed by atoms with Gasteiger partial charge < -0.3 is 15.8 Å². The van der Waals surface area contributed by atoms with Crippen LogP contribution in [0.1, 0.15) is 6.92 Å². The van der Waals surface area contributed by atoms with E-state index in [1.165, 1.54) is 10.7 Å². The highest BCUT2D eigenvalue weighted by Gasteiger charge is 1.99. The van der Waals surface area contributed by atoms with E-state index in [1.807, 2.05) is 6.92 Å². The first-order chi connectivity index (χ1) is 7.77. The van der Waals surface area contributed by atoms with Crippen molar-refractivity contribution in [1.29, 1.82) is 0 Å². The lowest BCUT2D eigenvalue weighted by Gasteiger charge is -2.07. The zero-order valence-corrected chi connectivity index (χ0v) is 9.48. The van der Waals surface area contributed by atoms with Gasteiger partial charge >= 0.3 is 0 Å². The van der Waals surface area contributed by atoms with Crippen LogP contribution in [-0.2, 0) is 11.3 Å². The fourth-order valence-electron chi connectivity index (χ4n) is 1.21. The maximum Gasteiger partial charge on any atom is 0.268 e. The second-order valence-electron chi connectivity index (χ2n) is 3.22. The van der Waals surface area contributed by atoms with E-state index in [-0.39, 0.29) is 5.56 Å². The van der Waals surface area contributed by atoms with Crippen molar-refractivity contribution in [3.8, 4) is 0 Å². The SMILES string of the molecule is CCOCCn1ncc(NCCN)cc1=O. The molecule has 3 N–H and O–H groups in total. The van der Waals surface area contributed by atoms with Crippen LogP contribution in [0.15, 0.2) is 17.1 Å². The Labute approximate surface area is 94.4 Å². The molecule has 0 radical (unpaired) electrons. The minimum absolute atomic E-state index is 0.137. The lowest BCUT2D eigenvalue weighted by atomic mass is 10.4. The maximum atomic E-state index is 11.6. The van der Waals surface area contributed by atoms with E-state index in [2.05, 4.69) is 10.4 Å². The van der Waals surface area contributed by atoms with Crippen LogP contribution in [-0.4, -0.2) is 36.1 Å². The molecule has 16 heavy (non-hydrogen) atoms. The molecule has 0 bridgehead atoms. The predicted octanol–water partition coefficient (Wildman–Crippen LogP) is -0.350. The summed E-state index contributed by atoms with van der Waals surface area (Å²) in [6, 6.07) is 1.51. The van der Waals surface area contributed by atoms with Gasteiger partial charge in [0.1, 0.15) is 0 Å². The van der Waals surface area contributed by atoms with Gasteiger partial charge in [0, 0.05) is 25.8 Å². The van der Waals surface area contributed by atoms with E-state index in [0.717, 1.165) is 0 Å². The van der Waals surface area contributed by atoms with Gasteiger partial charge in [-0.25, -0.2) is 4.68 Å². The number of aromatic nitrogens is 2. The molecule has 6 nitrogen and oxygen atoms in total. The Balaban J connectivity index is 2.57. The quantitative estimate of drug-likeness (QED) is 0.621. The molecule has 0 atom stereocenters. The van der Waals surface area contributed by atoms with Crippen LogP contribution >= 0.6 is 0 Å². The number of rotatable bonds is 7. The summed E-state index contributed by atoms with van der Waals surface area (Å²) >= 11 is 0. The van der Waals surface area contributed by atoms with Gasteiger partial charge in [-0.2, -0.15) is 5.10 Å². The normalized spacial score (nSPS) is 10.4. The predicted molar refractivity (Wildman–Crippen MR) is 62.5 cm³/mol. The third-order valence-corrected chi connectivity index (χ3v) is 1.99. The van der Waals surface area contributed by atoms with Crippen LogP contribution in [0.4, 0.5) is 5.69 Å². The topological polar surface area (TPSA) is 82.2 Å². The fraction of sp³-hybridized carbons (Fsp3) is 0.600. The molecule has 1 aromatic rings. The van der Waals surface area contributed by atoms with Crippen LogP contribution < -0.4 is 16.6 Å². The summed E-state index contributed by atoms with van der Waals surface area (Å²) in [6.45, 7) is 4.68. The first-order valence-corrected chi connectivity index (χ1v) is 5.36. The van der Waals surface area contributed by atoms with Crippen LogP contribution in [0, 0.1) is 0 Å². The average molecular weight is 226 g/mol. The minimum atomic E-state index is -0.137. The number of nitrogens with zero attached hydrogens (tertiary/aromatic N) is 2. The number of anilines is 1. The first kappa shape index (κ1) is 12.7. The third-order valence-electron chi connectivity index (χ3n) is 1.99. The smallest absolute Gasteiger partial charge is 0.268 e. The van der Waals surface area contributed by atoms with Gasteiger partial charge in [0.05, 0.1) is 25.0 Å². The lowest BCUT2D eigenvalue weighted by molar-refractivity contribution is 0.135. The molecule has 1 aromatic heterocycles. The lowest BCUT2D eigenvalue weighted by Crippen LogP contribution is -2.25. The highest BCUT2D eigenvalue weighted by Crippen LogP contribution is 1.97. The van der Waals surface area contributed by atoms with E-state index < -0.39 is 0 Å². The standard InChI is InChI=1S/C10H18N4O2/c1-2-16-6-5-14-10(15)7-9(8-13-14)12-4-3-11/h7-8,12H,2-6,11H2,1H3. The van der Waals surface area contributed by atoms with Crippen molar-refractivity contribution >= 4 is 5.69 Å². The molecule has 0 amide bonds. The Morgan fingerprint density at radius 3 is 3.06 bits per heavy atom. The molecule has 1 rings (SSSR count). The number of hydrogen-bond donors (Lipinski definition) is 2. The summed E-state index contributed by atoms with van der Waals surface area (Å²) in [4.78, 5) is 11.6. The Bertz CT molecular complexity index is 364. The van der Waals surface area contributed by atoms with Gasteiger partial charge in [-0.05, 0) is 6.92 Å². The van der Waals surface area contributed by atoms with Gasteiger partial charge in [0.15, 0.2) is 0 Å². The molecule has 0 aromatic carbocycles. The monoisotopic (exact) mass is 226 g/mol. The molecule has 0 spiro atoms. The molecule has 0 aliphatic heterocycles. The molecule has 0 fully saturated rings. The summed E-state index contributed by atoms with van der Waals surface area (Å²) in [5, 5.41) is 7.02. The van der Waals surface area contributed by atoms with Crippen molar-refractivity contribution in [1.82, 2.24) is 9.78 Å². The maximum absolute atomic E-state index is 11.6. The Hall–Kier alpha value is -1.40. The van der Waals surface area contributed by atoms with Crippen molar-refractivity contribution < 1.29 is 4.74 Å². The van der Waals surface area contributed by atoms with Crippen LogP contribution in [0.2, 0.25) is 0 Å². The highest BCUT2D eigenvalue weighted by molar-refractivity contribution is 5.38. The average Bonchev–Trinajstić information content (AvgIpc) is 2.29. The van der Waals surface area contributed by atoms with Gasteiger partial charge in [-0.1, -0.05) is 0 Å². The van der Waals surface area contributed by atoms with Crippen molar-refractivity contribution in [3.05, 3.63) is 22.6 Å². The van der Waals surface area contributed by atoms with Crippen molar-refractivity contribution in [2.45, 2.75) is 13.5 Å². The van der Waals surface area contributed by atoms with Gasteiger partial charge in [-0.3, -0.25) is 4.79 Å². The zero-order valence-electron chi connectivity index (χ0n) is 9.48. The molecule has 0 aliphatic carbocycles. The van der Waals surface area contributed by atoms with Crippen molar-refractivity contribution in [2.24, 2.45) is 5.73 Å². The molecule has 90 valence electrons. The van der Waals surface area contributed by atoms with Crippen LogP contribution in [0.25, 0.3) is 0 Å². The van der Waals surface area contributed by atoms with E-state index >= 15 is 0 Å². The summed E-state index contributed by atoms with van der Waals surface area (Å²) in [6.07, 6.45) is 1.61. The summed E-state index contributed by atoms with van der Waals surface area (Å²) in [7, 11) is 0. The Kier molecular flexibility index (Phi) is 5.52. The first-order valence-electron chi connectivity index (χ1n) is 5.36. The van der Waals surface area contributed by atoms with Gasteiger partial charge in [0.2, 0.25) is 0 Å². The molecule has 6 heteroatoms. The minimum Gasteiger partial charge on any atom is -0.382 e. The molecule has 0 saturated heterocycles. The number of hydrogen-bond acceptors (Lipinski definition) is 5. The summed E-state index contributed by atoms with van der Waals surface area (Å²) < 4.78 is 6.53. The van der Waals surface area contributed by atoms with E-state index in [4.69, 9.17) is 10.5 Å². The van der Waals surface area contributed by atoms with E-state index in [0.29, 0.717) is 38.5 Å². The van der Waals surface area contributed by atoms with Crippen molar-refractivity contribution in [3.63, 3.8) is 0 Å². The molecular formula is C10H18N4O2. The van der Waals surface area contributed by atoms with Crippen molar-refractivity contribution in [2.75, 3.05) is 31.6 Å². The molecular weight excluding hydrogens is 208 g/mol. The highest BCUT2D eigenvalue weighted by atomic mass is 16.5. The zero-order chi connectivity index (χ0) is 11.8. The second kappa shape index (κ2) is 6.97.